The van der Waals surface area contributed by atoms with E-state index in [1.807, 2.05) is 0 Å². The maximum Gasteiger partial charge on any atom is 0.229 e. The average Bonchev–Trinajstić information content (AvgIpc) is 2.96. The fraction of sp³-hybridized carbons (Fsp3) is 0.444. The molecular weight excluding hydrogens is 564 g/mol. The van der Waals surface area contributed by atoms with Crippen molar-refractivity contribution in [3.05, 3.63) is 46.6 Å². The summed E-state index contributed by atoms with van der Waals surface area (Å²) in [5.41, 5.74) is -0.379. The van der Waals surface area contributed by atoms with Crippen LogP contribution in [0.1, 0.15) is 0 Å². The number of benzene rings is 2. The molecule has 0 bridgehead atoms. The molecule has 0 unspecified atom stereocenters. The molecule has 2 saturated heterocycles. The molecule has 3 heterocycles. The van der Waals surface area contributed by atoms with Gasteiger partial charge in [0.25, 0.3) is 0 Å². The van der Waals surface area contributed by atoms with Gasteiger partial charge in [-0.2, -0.15) is 0 Å². The topological polar surface area (TPSA) is 238 Å². The molecule has 0 aliphatic carbocycles. The summed E-state index contributed by atoms with van der Waals surface area (Å²) < 4.78 is 32.8. The number of phenols is 2. The Morgan fingerprint density at radius 2 is 1.64 bits per heavy atom. The Bertz CT molecular complexity index is 1470. The van der Waals surface area contributed by atoms with Crippen LogP contribution in [0.4, 0.5) is 0 Å². The number of fused-ring (bicyclic) bond motifs is 1. The molecular formula is C27H30O15. The summed E-state index contributed by atoms with van der Waals surface area (Å²) in [6.07, 6.45) is -14.2. The highest BCUT2D eigenvalue weighted by Gasteiger charge is 2.49. The van der Waals surface area contributed by atoms with Crippen molar-refractivity contribution in [1.29, 1.82) is 0 Å². The number of ether oxygens (including phenoxy) is 5. The van der Waals surface area contributed by atoms with Crippen molar-refractivity contribution in [3.8, 4) is 34.3 Å². The second-order valence-corrected chi connectivity index (χ2v) is 9.85. The zero-order valence-electron chi connectivity index (χ0n) is 22.0. The Morgan fingerprint density at radius 1 is 0.905 bits per heavy atom. The number of hydrogen-bond donors (Lipinski definition) is 8. The molecule has 2 aliphatic rings. The first-order chi connectivity index (χ1) is 20.0. The molecule has 2 fully saturated rings. The van der Waals surface area contributed by atoms with Gasteiger partial charge >= 0.3 is 0 Å². The lowest BCUT2D eigenvalue weighted by Gasteiger charge is -2.44. The quantitative estimate of drug-likeness (QED) is 0.156. The maximum absolute atomic E-state index is 12.8. The van der Waals surface area contributed by atoms with Crippen LogP contribution in [0.2, 0.25) is 0 Å². The fourth-order valence-electron chi connectivity index (χ4n) is 4.80. The number of aliphatic hydroxyl groups excluding tert-OH is 6. The second kappa shape index (κ2) is 12.0. The van der Waals surface area contributed by atoms with Gasteiger partial charge in [-0.25, -0.2) is 0 Å². The van der Waals surface area contributed by atoms with Crippen LogP contribution in [0, 0.1) is 0 Å². The minimum atomic E-state index is -1.80. The largest absolute Gasteiger partial charge is 0.507 e. The molecule has 0 amide bonds. The van der Waals surface area contributed by atoms with Crippen molar-refractivity contribution >= 4 is 11.0 Å². The molecule has 0 spiro atoms. The summed E-state index contributed by atoms with van der Waals surface area (Å²) in [7, 11) is 1.38. The van der Waals surface area contributed by atoms with E-state index in [4.69, 9.17) is 28.1 Å². The van der Waals surface area contributed by atoms with Gasteiger partial charge < -0.3 is 69.0 Å². The van der Waals surface area contributed by atoms with Gasteiger partial charge in [-0.3, -0.25) is 4.79 Å². The molecule has 0 saturated carbocycles. The van der Waals surface area contributed by atoms with Crippen LogP contribution in [-0.2, 0) is 14.2 Å². The summed E-state index contributed by atoms with van der Waals surface area (Å²) in [6, 6.07) is 7.78. The van der Waals surface area contributed by atoms with E-state index >= 15 is 0 Å². The Labute approximate surface area is 236 Å². The van der Waals surface area contributed by atoms with E-state index in [1.165, 1.54) is 25.3 Å². The predicted octanol–water partition coefficient (Wildman–Crippen LogP) is -1.48. The van der Waals surface area contributed by atoms with E-state index in [1.54, 1.807) is 6.07 Å². The summed E-state index contributed by atoms with van der Waals surface area (Å²) in [5.74, 6) is -0.602. The number of methoxy groups -OCH3 is 1. The lowest BCUT2D eigenvalue weighted by atomic mass is 9.98. The van der Waals surface area contributed by atoms with Crippen molar-refractivity contribution in [2.75, 3.05) is 20.3 Å². The lowest BCUT2D eigenvalue weighted by Crippen LogP contribution is -2.63. The highest BCUT2D eigenvalue weighted by molar-refractivity contribution is 5.86. The van der Waals surface area contributed by atoms with Gasteiger partial charge in [0.2, 0.25) is 6.29 Å². The van der Waals surface area contributed by atoms with Crippen molar-refractivity contribution in [1.82, 2.24) is 0 Å². The van der Waals surface area contributed by atoms with Crippen LogP contribution in [0.25, 0.3) is 22.3 Å². The third-order valence-electron chi connectivity index (χ3n) is 7.07. The number of hydrogen-bond acceptors (Lipinski definition) is 15. The summed E-state index contributed by atoms with van der Waals surface area (Å²) >= 11 is 0. The second-order valence-electron chi connectivity index (χ2n) is 9.85. The summed E-state index contributed by atoms with van der Waals surface area (Å²) in [4.78, 5) is 12.8. The number of phenolic OH excluding ortho intramolecular Hbond substituents is 2. The van der Waals surface area contributed by atoms with Gasteiger partial charge in [-0.15, -0.1) is 0 Å². The Morgan fingerprint density at radius 3 is 2.33 bits per heavy atom. The van der Waals surface area contributed by atoms with Gasteiger partial charge in [0.05, 0.1) is 20.3 Å². The highest BCUT2D eigenvalue weighted by Crippen LogP contribution is 2.36. The van der Waals surface area contributed by atoms with Crippen molar-refractivity contribution in [2.45, 2.75) is 55.3 Å². The van der Waals surface area contributed by atoms with Gasteiger partial charge in [-0.05, 0) is 18.2 Å². The SMILES string of the molecule is COc1ccc(-c2cc(=O)c3c(O)cc(O[C@@H]4O[C@H](CO)[C@@H](O[C@@H]5OC[C@@H](O)[C@H](O)[C@H]5O)[C@H](O)[C@H]4O)cc3o2)cc1O. The third kappa shape index (κ3) is 5.61. The van der Waals surface area contributed by atoms with Gasteiger partial charge in [-0.1, -0.05) is 0 Å². The van der Waals surface area contributed by atoms with E-state index in [9.17, 15) is 45.6 Å². The maximum atomic E-state index is 12.8. The minimum absolute atomic E-state index is 0.0523. The number of aromatic hydroxyl groups is 2. The molecule has 42 heavy (non-hydrogen) atoms. The van der Waals surface area contributed by atoms with Crippen LogP contribution in [0.3, 0.4) is 0 Å². The van der Waals surface area contributed by atoms with Gasteiger partial charge in [0, 0.05) is 23.8 Å². The molecule has 1 aromatic heterocycles. The first-order valence-corrected chi connectivity index (χ1v) is 12.8. The number of aliphatic hydroxyl groups is 6. The average molecular weight is 595 g/mol. The van der Waals surface area contributed by atoms with Crippen LogP contribution in [0.15, 0.2) is 45.6 Å². The molecule has 0 radical (unpaired) electrons. The molecule has 228 valence electrons. The summed E-state index contributed by atoms with van der Waals surface area (Å²) in [6.45, 7) is -1.12. The van der Waals surface area contributed by atoms with Crippen molar-refractivity contribution in [3.63, 3.8) is 0 Å². The van der Waals surface area contributed by atoms with E-state index in [0.717, 1.165) is 12.1 Å². The molecule has 15 nitrogen and oxygen atoms in total. The third-order valence-corrected chi connectivity index (χ3v) is 7.07. The van der Waals surface area contributed by atoms with Gasteiger partial charge in [0.1, 0.15) is 71.0 Å². The first-order valence-electron chi connectivity index (χ1n) is 12.8. The van der Waals surface area contributed by atoms with Crippen molar-refractivity contribution in [2.24, 2.45) is 0 Å². The molecule has 3 aromatic rings. The standard InChI is InChI=1S/C27H30O15/c1-37-16-3-2-10(4-12(16)29)17-7-14(31)20-13(30)5-11(6-18(20)40-17)39-27-24(36)22(34)25(19(8-28)41-27)42-26-23(35)21(33)15(32)9-38-26/h2-7,15,19,21-30,32-36H,8-9H2,1H3/t15-,19-,21+,22-,23-,24-,25-,26+,27-/m1/s1. The Hall–Kier alpha value is -3.51. The zero-order valence-corrected chi connectivity index (χ0v) is 22.0. The zero-order chi connectivity index (χ0) is 30.3. The van der Waals surface area contributed by atoms with Crippen molar-refractivity contribution < 1.29 is 69.0 Å². The van der Waals surface area contributed by atoms with Crippen LogP contribution in [0.5, 0.6) is 23.0 Å². The summed E-state index contributed by atoms with van der Waals surface area (Å²) in [5, 5.41) is 81.6. The molecule has 2 aromatic carbocycles. The van der Waals surface area contributed by atoms with Crippen LogP contribution >= 0.6 is 0 Å². The monoisotopic (exact) mass is 594 g/mol. The molecule has 15 heteroatoms. The molecule has 2 aliphatic heterocycles. The molecule has 8 N–H and O–H groups in total. The van der Waals surface area contributed by atoms with E-state index < -0.39 is 73.1 Å². The van der Waals surface area contributed by atoms with E-state index in [0.29, 0.717) is 5.56 Å². The minimum Gasteiger partial charge on any atom is -0.507 e. The first kappa shape index (κ1) is 30.0. The molecule has 9 atom stereocenters. The Kier molecular flexibility index (Phi) is 8.56. The lowest BCUT2D eigenvalue weighted by molar-refractivity contribution is -0.339. The normalized spacial score (nSPS) is 31.6. The van der Waals surface area contributed by atoms with Crippen LogP contribution < -0.4 is 14.9 Å². The Balaban J connectivity index is 1.38. The predicted molar refractivity (Wildman–Crippen MR) is 139 cm³/mol. The molecule has 5 rings (SSSR count). The van der Waals surface area contributed by atoms with E-state index in [2.05, 4.69) is 0 Å². The van der Waals surface area contributed by atoms with Gasteiger partial charge in [0.15, 0.2) is 23.2 Å². The van der Waals surface area contributed by atoms with Crippen LogP contribution in [-0.4, -0.2) is 116 Å². The highest BCUT2D eigenvalue weighted by atomic mass is 16.7. The fourth-order valence-corrected chi connectivity index (χ4v) is 4.80. The number of rotatable bonds is 7. The smallest absolute Gasteiger partial charge is 0.229 e. The van der Waals surface area contributed by atoms with E-state index in [-0.39, 0.29) is 40.6 Å².